The summed E-state index contributed by atoms with van der Waals surface area (Å²) in [5, 5.41) is 13.0. The lowest BCUT2D eigenvalue weighted by atomic mass is 9.70. The van der Waals surface area contributed by atoms with Gasteiger partial charge in [0.05, 0.1) is 11.3 Å². The van der Waals surface area contributed by atoms with Crippen LogP contribution < -0.4 is 0 Å². The van der Waals surface area contributed by atoms with E-state index in [2.05, 4.69) is 49.3 Å². The second-order valence-corrected chi connectivity index (χ2v) is 10.5. The van der Waals surface area contributed by atoms with E-state index in [1.807, 2.05) is 24.4 Å². The van der Waals surface area contributed by atoms with Crippen LogP contribution in [0.25, 0.3) is 10.4 Å². The quantitative estimate of drug-likeness (QED) is 0.452. The molecule has 3 heterocycles. The van der Waals surface area contributed by atoms with E-state index in [0.717, 1.165) is 46.9 Å². The minimum Gasteiger partial charge on any atom is -0.260 e. The molecule has 1 aliphatic carbocycles. The van der Waals surface area contributed by atoms with E-state index in [1.54, 1.807) is 23.1 Å². The van der Waals surface area contributed by atoms with E-state index in [1.165, 1.54) is 16.1 Å². The molecule has 0 radical (unpaired) electrons. The Morgan fingerprint density at radius 2 is 2.10 bits per heavy atom. The number of thiophene rings is 1. The van der Waals surface area contributed by atoms with Crippen molar-refractivity contribution in [1.29, 1.82) is 5.26 Å². The van der Waals surface area contributed by atoms with E-state index in [0.29, 0.717) is 5.92 Å². The van der Waals surface area contributed by atoms with Gasteiger partial charge in [0.2, 0.25) is 0 Å². The third kappa shape index (κ3) is 4.24. The maximum atomic E-state index is 10.1. The minimum atomic E-state index is 0.254. The topological polar surface area (TPSA) is 49.6 Å². The number of hydrogen-bond donors (Lipinski definition) is 0. The molecule has 0 N–H and O–H groups in total. The first kappa shape index (κ1) is 20.1. The normalized spacial score (nSPS) is 16.3. The van der Waals surface area contributed by atoms with Crippen LogP contribution in [-0.4, -0.2) is 9.97 Å². The molecule has 4 rings (SSSR count). The third-order valence-corrected chi connectivity index (χ3v) is 7.61. The zero-order valence-electron chi connectivity index (χ0n) is 17.1. The van der Waals surface area contributed by atoms with Crippen molar-refractivity contribution in [3.05, 3.63) is 64.4 Å². The molecule has 0 aliphatic heterocycles. The van der Waals surface area contributed by atoms with Crippen molar-refractivity contribution >= 4 is 23.1 Å². The van der Waals surface area contributed by atoms with Crippen molar-refractivity contribution in [3.8, 4) is 16.5 Å². The number of aromatic nitrogens is 2. The van der Waals surface area contributed by atoms with E-state index >= 15 is 0 Å². The molecule has 0 unspecified atom stereocenters. The Kier molecular flexibility index (Phi) is 5.76. The molecule has 0 aromatic carbocycles. The Balaban J connectivity index is 1.79. The molecule has 1 aliphatic rings. The third-order valence-electron chi connectivity index (χ3n) is 5.72. The van der Waals surface area contributed by atoms with Crippen LogP contribution in [0.1, 0.15) is 49.7 Å². The number of hydrogen-bond acceptors (Lipinski definition) is 5. The Labute approximate surface area is 181 Å². The fourth-order valence-corrected chi connectivity index (χ4v) is 5.73. The summed E-state index contributed by atoms with van der Waals surface area (Å²) in [5.74, 6) is 1.32. The summed E-state index contributed by atoms with van der Waals surface area (Å²) < 4.78 is 0. The highest BCUT2D eigenvalue weighted by molar-refractivity contribution is 7.98. The summed E-state index contributed by atoms with van der Waals surface area (Å²) in [5.41, 5.74) is 5.57. The lowest BCUT2D eigenvalue weighted by molar-refractivity contribution is 0.215. The molecule has 3 aromatic rings. The van der Waals surface area contributed by atoms with E-state index in [-0.39, 0.29) is 5.41 Å². The molecule has 0 amide bonds. The van der Waals surface area contributed by atoms with Crippen LogP contribution in [0, 0.1) is 22.7 Å². The van der Waals surface area contributed by atoms with Crippen LogP contribution >= 0.6 is 23.1 Å². The molecule has 1 atom stereocenters. The standard InChI is InChI=1S/C24H25N3S2/c1-24(2,3)16-9-10-20-18(13-16)22(21-8-6-12-28-21)19(14-25)23(27-20)29-15-17-7-4-5-11-26-17/h4-8,11-12,16H,9-10,13,15H2,1-3H3/t16-/m0/s1. The highest BCUT2D eigenvalue weighted by Crippen LogP contribution is 2.44. The Bertz CT molecular complexity index is 1030. The van der Waals surface area contributed by atoms with Gasteiger partial charge in [-0.3, -0.25) is 4.98 Å². The smallest absolute Gasteiger partial charge is 0.115 e. The number of pyridine rings is 2. The van der Waals surface area contributed by atoms with Crippen molar-refractivity contribution in [2.45, 2.75) is 50.8 Å². The number of nitrogens with zero attached hydrogens (tertiary/aromatic N) is 3. The van der Waals surface area contributed by atoms with Crippen LogP contribution in [-0.2, 0) is 18.6 Å². The molecular formula is C24H25N3S2. The Hall–Kier alpha value is -2.16. The largest absolute Gasteiger partial charge is 0.260 e. The summed E-state index contributed by atoms with van der Waals surface area (Å²) >= 11 is 3.33. The molecule has 5 heteroatoms. The maximum absolute atomic E-state index is 10.1. The summed E-state index contributed by atoms with van der Waals surface area (Å²) in [7, 11) is 0. The molecule has 3 aromatic heterocycles. The molecular weight excluding hydrogens is 394 g/mol. The van der Waals surface area contributed by atoms with Crippen LogP contribution in [0.4, 0.5) is 0 Å². The summed E-state index contributed by atoms with van der Waals surface area (Å²) in [6.07, 6.45) is 4.95. The molecule has 148 valence electrons. The first-order valence-electron chi connectivity index (χ1n) is 10.00. The Morgan fingerprint density at radius 3 is 2.76 bits per heavy atom. The molecule has 0 spiro atoms. The molecule has 0 saturated carbocycles. The van der Waals surface area contributed by atoms with E-state index in [4.69, 9.17) is 4.98 Å². The number of fused-ring (bicyclic) bond motifs is 1. The molecule has 29 heavy (non-hydrogen) atoms. The first-order valence-corrected chi connectivity index (χ1v) is 11.9. The van der Waals surface area contributed by atoms with Crippen LogP contribution in [0.15, 0.2) is 46.9 Å². The number of thioether (sulfide) groups is 1. The maximum Gasteiger partial charge on any atom is 0.115 e. The number of nitriles is 1. The average Bonchev–Trinajstić information content (AvgIpc) is 3.25. The van der Waals surface area contributed by atoms with Gasteiger partial charge in [-0.05, 0) is 59.7 Å². The fraction of sp³-hybridized carbons (Fsp3) is 0.375. The van der Waals surface area contributed by atoms with E-state index < -0.39 is 0 Å². The van der Waals surface area contributed by atoms with Gasteiger partial charge >= 0.3 is 0 Å². The van der Waals surface area contributed by atoms with Gasteiger partial charge in [-0.25, -0.2) is 4.98 Å². The highest BCUT2D eigenvalue weighted by Gasteiger charge is 2.33. The summed E-state index contributed by atoms with van der Waals surface area (Å²) in [4.78, 5) is 10.6. The Morgan fingerprint density at radius 1 is 1.24 bits per heavy atom. The van der Waals surface area contributed by atoms with Gasteiger partial charge in [0.25, 0.3) is 0 Å². The van der Waals surface area contributed by atoms with Crippen LogP contribution in [0.5, 0.6) is 0 Å². The highest BCUT2D eigenvalue weighted by atomic mass is 32.2. The van der Waals surface area contributed by atoms with Gasteiger partial charge in [0, 0.05) is 28.1 Å². The SMILES string of the molecule is CC(C)(C)[C@H]1CCc2nc(SCc3ccccn3)c(C#N)c(-c3cccs3)c2C1. The predicted octanol–water partition coefficient (Wildman–Crippen LogP) is 6.52. The van der Waals surface area contributed by atoms with Crippen LogP contribution in [0.2, 0.25) is 0 Å². The lowest BCUT2D eigenvalue weighted by Crippen LogP contribution is -2.28. The van der Waals surface area contributed by atoms with Gasteiger partial charge in [-0.1, -0.05) is 44.7 Å². The number of aryl methyl sites for hydroxylation is 1. The average molecular weight is 420 g/mol. The molecule has 0 fully saturated rings. The van der Waals surface area contributed by atoms with Gasteiger partial charge in [-0.2, -0.15) is 5.26 Å². The monoisotopic (exact) mass is 419 g/mol. The molecule has 3 nitrogen and oxygen atoms in total. The first-order chi connectivity index (χ1) is 14.0. The van der Waals surface area contributed by atoms with Crippen molar-refractivity contribution in [3.63, 3.8) is 0 Å². The van der Waals surface area contributed by atoms with Gasteiger partial charge in [-0.15, -0.1) is 11.3 Å². The summed E-state index contributed by atoms with van der Waals surface area (Å²) in [6, 6.07) is 12.6. The zero-order chi connectivity index (χ0) is 20.4. The summed E-state index contributed by atoms with van der Waals surface area (Å²) in [6.45, 7) is 6.97. The van der Waals surface area contributed by atoms with Crippen LogP contribution in [0.3, 0.4) is 0 Å². The lowest BCUT2D eigenvalue weighted by Gasteiger charge is -2.35. The van der Waals surface area contributed by atoms with Crippen molar-refractivity contribution in [2.75, 3.05) is 0 Å². The molecule has 0 saturated heterocycles. The predicted molar refractivity (Wildman–Crippen MR) is 121 cm³/mol. The second-order valence-electron chi connectivity index (χ2n) is 8.60. The van der Waals surface area contributed by atoms with E-state index in [9.17, 15) is 5.26 Å². The van der Waals surface area contributed by atoms with Crippen molar-refractivity contribution < 1.29 is 0 Å². The second kappa shape index (κ2) is 8.30. The van der Waals surface area contributed by atoms with Gasteiger partial charge in [0.1, 0.15) is 11.1 Å². The fourth-order valence-electron chi connectivity index (χ4n) is 4.00. The zero-order valence-corrected chi connectivity index (χ0v) is 18.7. The number of rotatable bonds is 4. The molecule has 0 bridgehead atoms. The van der Waals surface area contributed by atoms with Crippen molar-refractivity contribution in [2.24, 2.45) is 11.3 Å². The van der Waals surface area contributed by atoms with Gasteiger partial charge < -0.3 is 0 Å². The van der Waals surface area contributed by atoms with Crippen molar-refractivity contribution in [1.82, 2.24) is 9.97 Å². The minimum absolute atomic E-state index is 0.254. The van der Waals surface area contributed by atoms with Gasteiger partial charge in [0.15, 0.2) is 0 Å².